The molecule has 104 valence electrons. The summed E-state index contributed by atoms with van der Waals surface area (Å²) in [7, 11) is 0. The fourth-order valence-electron chi connectivity index (χ4n) is 2.18. The first-order valence-corrected chi connectivity index (χ1v) is 6.33. The van der Waals surface area contributed by atoms with Gasteiger partial charge < -0.3 is 4.57 Å². The molecule has 0 aliphatic carbocycles. The fraction of sp³-hybridized carbons (Fsp3) is 0.0667. The van der Waals surface area contributed by atoms with Crippen LogP contribution in [-0.4, -0.2) is 14.5 Å². The van der Waals surface area contributed by atoms with Crippen molar-refractivity contribution >= 4 is 16.7 Å². The average molecular weight is 281 g/mol. The third-order valence-electron chi connectivity index (χ3n) is 3.24. The number of benzene rings is 2. The highest BCUT2D eigenvalue weighted by Crippen LogP contribution is 2.14. The van der Waals surface area contributed by atoms with Gasteiger partial charge in [0.25, 0.3) is 11.2 Å². The second kappa shape index (κ2) is 5.16. The molecule has 0 amide bonds. The Morgan fingerprint density at radius 1 is 1.10 bits per heavy atom. The van der Waals surface area contributed by atoms with E-state index in [0.29, 0.717) is 6.54 Å². The molecule has 0 saturated carbocycles. The number of non-ortho nitro benzene ring substituents is 1. The molecule has 21 heavy (non-hydrogen) atoms. The van der Waals surface area contributed by atoms with E-state index in [1.165, 1.54) is 18.3 Å². The maximum atomic E-state index is 12.0. The number of hydrogen-bond donors (Lipinski definition) is 0. The number of aromatic nitrogens is 2. The molecule has 3 aromatic rings. The van der Waals surface area contributed by atoms with Crippen LogP contribution < -0.4 is 5.56 Å². The maximum Gasteiger partial charge on any atom is 0.269 e. The number of nitro groups is 1. The van der Waals surface area contributed by atoms with Gasteiger partial charge in [0.2, 0.25) is 0 Å². The molecule has 2 aromatic carbocycles. The first-order valence-electron chi connectivity index (χ1n) is 6.33. The van der Waals surface area contributed by atoms with Crippen molar-refractivity contribution in [2.75, 3.05) is 0 Å². The van der Waals surface area contributed by atoms with Crippen molar-refractivity contribution < 1.29 is 4.92 Å². The summed E-state index contributed by atoms with van der Waals surface area (Å²) in [6.07, 6.45) is 1.29. The zero-order valence-corrected chi connectivity index (χ0v) is 11.0. The summed E-state index contributed by atoms with van der Waals surface area (Å²) in [6, 6.07) is 13.5. The molecule has 0 fully saturated rings. The second-order valence-corrected chi connectivity index (χ2v) is 4.59. The predicted octanol–water partition coefficient (Wildman–Crippen LogP) is 2.35. The van der Waals surface area contributed by atoms with Crippen LogP contribution >= 0.6 is 0 Å². The molecule has 0 aliphatic heterocycles. The van der Waals surface area contributed by atoms with E-state index >= 15 is 0 Å². The van der Waals surface area contributed by atoms with Gasteiger partial charge >= 0.3 is 0 Å². The van der Waals surface area contributed by atoms with E-state index < -0.39 is 4.92 Å². The minimum Gasteiger partial charge on any atom is -0.301 e. The summed E-state index contributed by atoms with van der Waals surface area (Å²) >= 11 is 0. The van der Waals surface area contributed by atoms with E-state index in [-0.39, 0.29) is 11.2 Å². The van der Waals surface area contributed by atoms with E-state index in [1.807, 2.05) is 24.3 Å². The molecule has 0 aliphatic rings. The lowest BCUT2D eigenvalue weighted by atomic mass is 10.2. The number of hydrogen-bond acceptors (Lipinski definition) is 4. The SMILES string of the molecule is O=c1cnc2ccccc2n1Cc1ccc([N+](=O)[O-])cc1. The van der Waals surface area contributed by atoms with Crippen LogP contribution in [0.1, 0.15) is 5.56 Å². The van der Waals surface area contributed by atoms with Gasteiger partial charge in [-0.2, -0.15) is 0 Å². The van der Waals surface area contributed by atoms with Crippen LogP contribution in [0.15, 0.2) is 59.5 Å². The highest BCUT2D eigenvalue weighted by molar-refractivity contribution is 5.74. The summed E-state index contributed by atoms with van der Waals surface area (Å²) in [6.45, 7) is 0.347. The van der Waals surface area contributed by atoms with Crippen LogP contribution in [0.2, 0.25) is 0 Å². The minimum atomic E-state index is -0.447. The molecule has 0 spiro atoms. The molecule has 0 saturated heterocycles. The van der Waals surface area contributed by atoms with Gasteiger partial charge in [0.05, 0.1) is 28.7 Å². The Morgan fingerprint density at radius 2 is 1.81 bits per heavy atom. The molecule has 0 radical (unpaired) electrons. The molecule has 6 nitrogen and oxygen atoms in total. The van der Waals surface area contributed by atoms with E-state index in [2.05, 4.69) is 4.98 Å². The Morgan fingerprint density at radius 3 is 2.52 bits per heavy atom. The zero-order chi connectivity index (χ0) is 14.8. The molecule has 1 aromatic heterocycles. The summed E-state index contributed by atoms with van der Waals surface area (Å²) in [4.78, 5) is 26.3. The van der Waals surface area contributed by atoms with Gasteiger partial charge in [-0.25, -0.2) is 4.98 Å². The van der Waals surface area contributed by atoms with Crippen LogP contribution in [0, 0.1) is 10.1 Å². The molecule has 0 bridgehead atoms. The lowest BCUT2D eigenvalue weighted by Gasteiger charge is -2.09. The number of rotatable bonds is 3. The van der Waals surface area contributed by atoms with Crippen LogP contribution in [-0.2, 0) is 6.54 Å². The van der Waals surface area contributed by atoms with Crippen molar-refractivity contribution in [2.24, 2.45) is 0 Å². The lowest BCUT2D eigenvalue weighted by molar-refractivity contribution is -0.384. The quantitative estimate of drug-likeness (QED) is 0.545. The van der Waals surface area contributed by atoms with Crippen LogP contribution in [0.4, 0.5) is 5.69 Å². The van der Waals surface area contributed by atoms with Crippen molar-refractivity contribution in [3.63, 3.8) is 0 Å². The van der Waals surface area contributed by atoms with Gasteiger partial charge in [0.1, 0.15) is 0 Å². The topological polar surface area (TPSA) is 78.0 Å². The van der Waals surface area contributed by atoms with Gasteiger partial charge in [0, 0.05) is 12.1 Å². The van der Waals surface area contributed by atoms with Crippen molar-refractivity contribution in [3.8, 4) is 0 Å². The second-order valence-electron chi connectivity index (χ2n) is 4.59. The van der Waals surface area contributed by atoms with Gasteiger partial charge in [-0.3, -0.25) is 14.9 Å². The monoisotopic (exact) mass is 281 g/mol. The predicted molar refractivity (Wildman–Crippen MR) is 78.2 cm³/mol. The Hall–Kier alpha value is -3.02. The van der Waals surface area contributed by atoms with Crippen molar-refractivity contribution in [1.29, 1.82) is 0 Å². The average Bonchev–Trinajstić information content (AvgIpc) is 2.51. The largest absolute Gasteiger partial charge is 0.301 e. The molecule has 6 heteroatoms. The first-order chi connectivity index (χ1) is 10.1. The zero-order valence-electron chi connectivity index (χ0n) is 11.0. The number of nitro benzene ring substituents is 1. The van der Waals surface area contributed by atoms with Gasteiger partial charge in [0.15, 0.2) is 0 Å². The van der Waals surface area contributed by atoms with Crippen LogP contribution in [0.25, 0.3) is 11.0 Å². The fourth-order valence-corrected chi connectivity index (χ4v) is 2.18. The first kappa shape index (κ1) is 13.0. The van der Waals surface area contributed by atoms with Crippen molar-refractivity contribution in [1.82, 2.24) is 9.55 Å². The third kappa shape index (κ3) is 2.51. The number of nitrogens with zero attached hydrogens (tertiary/aromatic N) is 3. The van der Waals surface area contributed by atoms with Crippen LogP contribution in [0.3, 0.4) is 0 Å². The van der Waals surface area contributed by atoms with E-state index in [9.17, 15) is 14.9 Å². The smallest absolute Gasteiger partial charge is 0.269 e. The molecule has 3 rings (SSSR count). The Labute approximate surface area is 119 Å². The Balaban J connectivity index is 2.03. The molecule has 0 N–H and O–H groups in total. The Bertz CT molecular complexity index is 869. The van der Waals surface area contributed by atoms with Crippen molar-refractivity contribution in [3.05, 3.63) is 80.8 Å². The molecule has 0 unspecified atom stereocenters. The summed E-state index contributed by atoms with van der Waals surface area (Å²) in [5, 5.41) is 10.6. The standard InChI is InChI=1S/C15H11N3O3/c19-15-9-16-13-3-1-2-4-14(13)17(15)10-11-5-7-12(8-6-11)18(20)21/h1-9H,10H2. The van der Waals surface area contributed by atoms with Crippen LogP contribution in [0.5, 0.6) is 0 Å². The maximum absolute atomic E-state index is 12.0. The number of para-hydroxylation sites is 2. The lowest BCUT2D eigenvalue weighted by Crippen LogP contribution is -2.21. The van der Waals surface area contributed by atoms with Gasteiger partial charge in [-0.1, -0.05) is 24.3 Å². The van der Waals surface area contributed by atoms with E-state index in [0.717, 1.165) is 16.6 Å². The number of fused-ring (bicyclic) bond motifs is 1. The summed E-state index contributed by atoms with van der Waals surface area (Å²) in [5.74, 6) is 0. The van der Waals surface area contributed by atoms with E-state index in [4.69, 9.17) is 0 Å². The molecule has 1 heterocycles. The molecular formula is C15H11N3O3. The highest BCUT2D eigenvalue weighted by atomic mass is 16.6. The Kier molecular flexibility index (Phi) is 3.19. The summed E-state index contributed by atoms with van der Waals surface area (Å²) in [5.41, 5.74) is 2.12. The third-order valence-corrected chi connectivity index (χ3v) is 3.24. The molecular weight excluding hydrogens is 270 g/mol. The van der Waals surface area contributed by atoms with Gasteiger partial charge in [-0.15, -0.1) is 0 Å². The molecule has 0 atom stereocenters. The van der Waals surface area contributed by atoms with Crippen molar-refractivity contribution in [2.45, 2.75) is 6.54 Å². The minimum absolute atomic E-state index is 0.0330. The normalized spacial score (nSPS) is 10.7. The summed E-state index contributed by atoms with van der Waals surface area (Å²) < 4.78 is 1.60. The van der Waals surface area contributed by atoms with E-state index in [1.54, 1.807) is 16.7 Å². The highest BCUT2D eigenvalue weighted by Gasteiger charge is 2.07. The van der Waals surface area contributed by atoms with Gasteiger partial charge in [-0.05, 0) is 17.7 Å².